The van der Waals surface area contributed by atoms with E-state index in [2.05, 4.69) is 12.6 Å². The van der Waals surface area contributed by atoms with E-state index in [1.165, 1.54) is 11.6 Å². The molecule has 0 fully saturated rings. The number of hydrogen-bond acceptors (Lipinski definition) is 5. The molecule has 1 atom stereocenters. The van der Waals surface area contributed by atoms with Crippen LogP contribution in [0.1, 0.15) is 10.4 Å². The fraction of sp³-hybridized carbons (Fsp3) is 0.316. The first-order chi connectivity index (χ1) is 12.2. The summed E-state index contributed by atoms with van der Waals surface area (Å²) >= 11 is 1.55. The Morgan fingerprint density at radius 3 is 2.96 bits per heavy atom. The van der Waals surface area contributed by atoms with Crippen molar-refractivity contribution in [2.75, 3.05) is 19.8 Å². The van der Waals surface area contributed by atoms with Gasteiger partial charge in [0, 0.05) is 11.8 Å². The zero-order valence-corrected chi connectivity index (χ0v) is 14.6. The number of carbonyl (C=O) groups excluding carboxylic acids is 1. The average molecular weight is 357 g/mol. The third-order valence-corrected chi connectivity index (χ3v) is 5.26. The summed E-state index contributed by atoms with van der Waals surface area (Å²) in [4.78, 5) is 15.1. The van der Waals surface area contributed by atoms with E-state index in [-0.39, 0.29) is 12.0 Å². The Labute approximate surface area is 150 Å². The van der Waals surface area contributed by atoms with Crippen LogP contribution < -0.4 is 14.2 Å². The Balaban J connectivity index is 1.49. The van der Waals surface area contributed by atoms with E-state index in [0.717, 1.165) is 28.5 Å². The van der Waals surface area contributed by atoms with E-state index in [1.807, 2.05) is 23.6 Å². The smallest absolute Gasteiger partial charge is 0.246 e. The molecular formula is C19H19NO4S. The molecule has 130 valence electrons. The van der Waals surface area contributed by atoms with Gasteiger partial charge in [-0.1, -0.05) is 24.8 Å². The molecule has 0 saturated heterocycles. The molecule has 2 aliphatic rings. The summed E-state index contributed by atoms with van der Waals surface area (Å²) in [6, 6.07) is 8.00. The van der Waals surface area contributed by atoms with Gasteiger partial charge in [-0.05, 0) is 17.7 Å². The number of benzene rings is 1. The van der Waals surface area contributed by atoms with Gasteiger partial charge in [0.05, 0.1) is 18.0 Å². The summed E-state index contributed by atoms with van der Waals surface area (Å²) in [5, 5.41) is 1.93. The molecule has 4 rings (SSSR count). The lowest BCUT2D eigenvalue weighted by Crippen LogP contribution is -2.37. The molecule has 0 aliphatic carbocycles. The number of rotatable bonds is 5. The first-order valence-electron chi connectivity index (χ1n) is 8.26. The maximum Gasteiger partial charge on any atom is 0.246 e. The van der Waals surface area contributed by atoms with Crippen molar-refractivity contribution >= 4 is 17.2 Å². The molecule has 2 aliphatic heterocycles. The molecule has 5 nitrogen and oxygen atoms in total. The number of ether oxygens (including phenoxy) is 3. The Bertz CT molecular complexity index is 775. The fourth-order valence-electron chi connectivity index (χ4n) is 3.16. The number of hydrogen-bond donors (Lipinski definition) is 0. The van der Waals surface area contributed by atoms with Crippen LogP contribution in [0.5, 0.6) is 17.2 Å². The van der Waals surface area contributed by atoms with E-state index in [1.54, 1.807) is 16.2 Å². The number of amides is 1. The van der Waals surface area contributed by atoms with Crippen molar-refractivity contribution in [1.82, 2.24) is 4.90 Å². The van der Waals surface area contributed by atoms with E-state index in [0.29, 0.717) is 26.3 Å². The van der Waals surface area contributed by atoms with Gasteiger partial charge in [-0.25, -0.2) is 0 Å². The molecule has 6 heteroatoms. The van der Waals surface area contributed by atoms with Crippen molar-refractivity contribution in [2.45, 2.75) is 19.1 Å². The van der Waals surface area contributed by atoms with Crippen molar-refractivity contribution in [2.24, 2.45) is 0 Å². The van der Waals surface area contributed by atoms with Crippen LogP contribution in [0.25, 0.3) is 0 Å². The molecule has 25 heavy (non-hydrogen) atoms. The highest BCUT2D eigenvalue weighted by Gasteiger charge is 2.28. The van der Waals surface area contributed by atoms with Crippen molar-refractivity contribution in [3.8, 4) is 17.2 Å². The van der Waals surface area contributed by atoms with E-state index >= 15 is 0 Å². The molecular weight excluding hydrogens is 338 g/mol. The number of thiophene rings is 1. The summed E-state index contributed by atoms with van der Waals surface area (Å²) in [5.74, 6) is 2.32. The Morgan fingerprint density at radius 2 is 2.12 bits per heavy atom. The van der Waals surface area contributed by atoms with Gasteiger partial charge in [0.25, 0.3) is 0 Å². The Kier molecular flexibility index (Phi) is 4.36. The van der Waals surface area contributed by atoms with Gasteiger partial charge >= 0.3 is 0 Å². The summed E-state index contributed by atoms with van der Waals surface area (Å²) in [7, 11) is 0. The standard InChI is InChI=1S/C19H19NO4S/c1-2-18(21)20(10-14-9-13-5-3-4-6-15(13)24-14)11-17-19-16(12-25-17)22-7-8-23-19/h2-6,12,14H,1,7-11H2. The molecule has 2 aromatic rings. The van der Waals surface area contributed by atoms with Gasteiger partial charge in [0.1, 0.15) is 25.1 Å². The van der Waals surface area contributed by atoms with Crippen molar-refractivity contribution in [3.63, 3.8) is 0 Å². The van der Waals surface area contributed by atoms with Crippen LogP contribution in [0.15, 0.2) is 42.3 Å². The first kappa shape index (κ1) is 16.0. The first-order valence-corrected chi connectivity index (χ1v) is 9.14. The van der Waals surface area contributed by atoms with Gasteiger partial charge in [-0.15, -0.1) is 11.3 Å². The predicted molar refractivity (Wildman–Crippen MR) is 95.5 cm³/mol. The average Bonchev–Trinajstić information content (AvgIpc) is 3.24. The summed E-state index contributed by atoms with van der Waals surface area (Å²) < 4.78 is 17.3. The maximum absolute atomic E-state index is 12.4. The molecule has 0 spiro atoms. The Hall–Kier alpha value is -2.47. The SMILES string of the molecule is C=CC(=O)N(Cc1scc2c1OCCO2)CC1Cc2ccccc2O1. The number of fused-ring (bicyclic) bond motifs is 2. The lowest BCUT2D eigenvalue weighted by Gasteiger charge is -2.25. The van der Waals surface area contributed by atoms with Crippen molar-refractivity contribution in [1.29, 1.82) is 0 Å². The second-order valence-electron chi connectivity index (χ2n) is 6.02. The zero-order valence-electron chi connectivity index (χ0n) is 13.8. The topological polar surface area (TPSA) is 48.0 Å². The largest absolute Gasteiger partial charge is 0.488 e. The molecule has 3 heterocycles. The van der Waals surface area contributed by atoms with Crippen LogP contribution >= 0.6 is 11.3 Å². The van der Waals surface area contributed by atoms with Gasteiger partial charge < -0.3 is 19.1 Å². The monoisotopic (exact) mass is 357 g/mol. The van der Waals surface area contributed by atoms with E-state index in [9.17, 15) is 4.79 Å². The number of para-hydroxylation sites is 1. The maximum atomic E-state index is 12.4. The molecule has 1 unspecified atom stereocenters. The molecule has 0 bridgehead atoms. The lowest BCUT2D eigenvalue weighted by molar-refractivity contribution is -0.127. The molecule has 0 radical (unpaired) electrons. The summed E-state index contributed by atoms with van der Waals surface area (Å²) in [6.45, 7) is 5.69. The van der Waals surface area contributed by atoms with Gasteiger partial charge in [0.15, 0.2) is 11.5 Å². The zero-order chi connectivity index (χ0) is 17.2. The van der Waals surface area contributed by atoms with E-state index < -0.39 is 0 Å². The summed E-state index contributed by atoms with van der Waals surface area (Å²) in [5.41, 5.74) is 1.18. The molecule has 0 saturated carbocycles. The van der Waals surface area contributed by atoms with Crippen LogP contribution in [-0.4, -0.2) is 36.7 Å². The minimum Gasteiger partial charge on any atom is -0.488 e. The Morgan fingerprint density at radius 1 is 1.28 bits per heavy atom. The van der Waals surface area contributed by atoms with Crippen molar-refractivity contribution in [3.05, 3.63) is 52.7 Å². The van der Waals surface area contributed by atoms with Crippen LogP contribution in [0.3, 0.4) is 0 Å². The van der Waals surface area contributed by atoms with Crippen LogP contribution in [-0.2, 0) is 17.8 Å². The second-order valence-corrected chi connectivity index (χ2v) is 6.99. The van der Waals surface area contributed by atoms with Crippen LogP contribution in [0.2, 0.25) is 0 Å². The number of carbonyl (C=O) groups is 1. The minimum atomic E-state index is -0.113. The highest BCUT2D eigenvalue weighted by atomic mass is 32.1. The van der Waals surface area contributed by atoms with Gasteiger partial charge in [-0.3, -0.25) is 4.79 Å². The highest BCUT2D eigenvalue weighted by molar-refractivity contribution is 7.10. The fourth-order valence-corrected chi connectivity index (χ4v) is 4.08. The van der Waals surface area contributed by atoms with Crippen LogP contribution in [0, 0.1) is 0 Å². The second kappa shape index (κ2) is 6.80. The number of nitrogens with zero attached hydrogens (tertiary/aromatic N) is 1. The molecule has 1 aromatic carbocycles. The third kappa shape index (κ3) is 3.22. The third-order valence-electron chi connectivity index (χ3n) is 4.33. The van der Waals surface area contributed by atoms with E-state index in [4.69, 9.17) is 14.2 Å². The van der Waals surface area contributed by atoms with Crippen LogP contribution in [0.4, 0.5) is 0 Å². The lowest BCUT2D eigenvalue weighted by atomic mass is 10.1. The van der Waals surface area contributed by atoms with Gasteiger partial charge in [0.2, 0.25) is 5.91 Å². The predicted octanol–water partition coefficient (Wildman–Crippen LogP) is 3.04. The molecule has 0 N–H and O–H groups in total. The highest BCUT2D eigenvalue weighted by Crippen LogP contribution is 2.40. The quantitative estimate of drug-likeness (QED) is 0.772. The minimum absolute atomic E-state index is 0.0470. The normalized spacial score (nSPS) is 17.5. The summed E-state index contributed by atoms with van der Waals surface area (Å²) in [6.07, 6.45) is 2.10. The van der Waals surface area contributed by atoms with Gasteiger partial charge in [-0.2, -0.15) is 0 Å². The van der Waals surface area contributed by atoms with Crippen molar-refractivity contribution < 1.29 is 19.0 Å². The molecule has 1 aromatic heterocycles. The molecule has 1 amide bonds.